The third-order valence-electron chi connectivity index (χ3n) is 6.41. The standard InChI is InChI=1S/C24H32N6O5SSi/c1-37(2,3)19-6-4-5-16(9-19)13-30-8-7-21(29-30)23(32)20-12-26-15-27-24(20)28-18-10-17(22(31)11-18)14-35-36(25,33)34/h4-9,12,15,17-18,22,31H,10-11,13-14H2,1-3H3,(H2,25,33,34)(H,26,27,28)/t17-,18-,22+/m1/s1. The van der Waals surface area contributed by atoms with Crippen molar-refractivity contribution in [1.29, 1.82) is 0 Å². The van der Waals surface area contributed by atoms with Crippen molar-refractivity contribution in [2.24, 2.45) is 11.1 Å². The number of hydrogen-bond acceptors (Lipinski definition) is 9. The summed E-state index contributed by atoms with van der Waals surface area (Å²) in [5.74, 6) is -0.431. The zero-order valence-electron chi connectivity index (χ0n) is 21.0. The fourth-order valence-corrected chi connectivity index (χ4v) is 6.00. The normalized spacial score (nSPS) is 20.2. The minimum absolute atomic E-state index is 0.216. The van der Waals surface area contributed by atoms with E-state index in [9.17, 15) is 18.3 Å². The zero-order valence-corrected chi connectivity index (χ0v) is 22.9. The molecule has 1 aliphatic rings. The van der Waals surface area contributed by atoms with E-state index in [1.807, 2.05) is 0 Å². The minimum atomic E-state index is -4.09. The third-order valence-corrected chi connectivity index (χ3v) is 8.92. The molecule has 4 N–H and O–H groups in total. The number of benzene rings is 1. The molecule has 0 bridgehead atoms. The highest BCUT2D eigenvalue weighted by atomic mass is 32.2. The largest absolute Gasteiger partial charge is 0.393 e. The molecule has 11 nitrogen and oxygen atoms in total. The van der Waals surface area contributed by atoms with Crippen molar-refractivity contribution in [3.63, 3.8) is 0 Å². The quantitative estimate of drug-likeness (QED) is 0.252. The Kier molecular flexibility index (Phi) is 7.90. The second-order valence-electron chi connectivity index (χ2n) is 10.4. The highest BCUT2D eigenvalue weighted by molar-refractivity contribution is 7.84. The number of aliphatic hydroxyl groups excluding tert-OH is 1. The maximum absolute atomic E-state index is 13.3. The Morgan fingerprint density at radius 2 is 2.05 bits per heavy atom. The van der Waals surface area contributed by atoms with Gasteiger partial charge in [0, 0.05) is 24.4 Å². The van der Waals surface area contributed by atoms with Crippen molar-refractivity contribution in [2.45, 2.75) is 51.2 Å². The first-order valence-corrected chi connectivity index (χ1v) is 17.0. The number of aromatic nitrogens is 4. The highest BCUT2D eigenvalue weighted by Gasteiger charge is 2.35. The molecule has 4 rings (SSSR count). The Bertz CT molecular complexity index is 1370. The van der Waals surface area contributed by atoms with Gasteiger partial charge in [-0.25, -0.2) is 15.1 Å². The molecule has 3 atom stereocenters. The molecule has 0 radical (unpaired) electrons. The average molecular weight is 545 g/mol. The maximum atomic E-state index is 13.3. The van der Waals surface area contributed by atoms with E-state index in [1.165, 1.54) is 17.7 Å². The zero-order chi connectivity index (χ0) is 26.8. The summed E-state index contributed by atoms with van der Waals surface area (Å²) in [4.78, 5) is 21.5. The van der Waals surface area contributed by atoms with Crippen LogP contribution in [0.3, 0.4) is 0 Å². The molecule has 13 heteroatoms. The lowest BCUT2D eigenvalue weighted by Crippen LogP contribution is -2.37. The van der Waals surface area contributed by atoms with Crippen LogP contribution in [0.1, 0.15) is 34.5 Å². The van der Waals surface area contributed by atoms with Crippen LogP contribution < -0.4 is 15.6 Å². The molecular weight excluding hydrogens is 512 g/mol. The van der Waals surface area contributed by atoms with Crippen LogP contribution in [0.4, 0.5) is 5.82 Å². The summed E-state index contributed by atoms with van der Waals surface area (Å²) in [7, 11) is -5.53. The molecule has 1 saturated carbocycles. The summed E-state index contributed by atoms with van der Waals surface area (Å²) in [5.41, 5.74) is 1.64. The number of carbonyl (C=O) groups excluding carboxylic acids is 1. The second-order valence-corrected chi connectivity index (χ2v) is 16.7. The van der Waals surface area contributed by atoms with Crippen molar-refractivity contribution >= 4 is 35.2 Å². The molecular formula is C24H32N6O5SSi. The van der Waals surface area contributed by atoms with Gasteiger partial charge in [-0.1, -0.05) is 49.1 Å². The van der Waals surface area contributed by atoms with Crippen LogP contribution in [0.15, 0.2) is 49.1 Å². The number of ketones is 1. The van der Waals surface area contributed by atoms with Gasteiger partial charge in [0.25, 0.3) is 0 Å². The van der Waals surface area contributed by atoms with Gasteiger partial charge in [0.1, 0.15) is 17.8 Å². The molecule has 1 aliphatic carbocycles. The van der Waals surface area contributed by atoms with Crippen LogP contribution in [0.25, 0.3) is 0 Å². The summed E-state index contributed by atoms with van der Waals surface area (Å²) in [6, 6.07) is 9.90. The summed E-state index contributed by atoms with van der Waals surface area (Å²) >= 11 is 0. The smallest absolute Gasteiger partial charge is 0.333 e. The van der Waals surface area contributed by atoms with E-state index in [0.717, 1.165) is 5.56 Å². The first-order valence-electron chi connectivity index (χ1n) is 12.0. The van der Waals surface area contributed by atoms with Crippen molar-refractivity contribution in [3.8, 4) is 0 Å². The van der Waals surface area contributed by atoms with Gasteiger partial charge in [-0.05, 0) is 24.5 Å². The first kappa shape index (κ1) is 27.1. The minimum Gasteiger partial charge on any atom is -0.393 e. The fourth-order valence-electron chi connectivity index (χ4n) is 4.42. The highest BCUT2D eigenvalue weighted by Crippen LogP contribution is 2.30. The number of nitrogens with zero attached hydrogens (tertiary/aromatic N) is 4. The maximum Gasteiger partial charge on any atom is 0.333 e. The van der Waals surface area contributed by atoms with Gasteiger partial charge < -0.3 is 10.4 Å². The van der Waals surface area contributed by atoms with Gasteiger partial charge in [0.15, 0.2) is 0 Å². The molecule has 1 fully saturated rings. The van der Waals surface area contributed by atoms with Gasteiger partial charge >= 0.3 is 10.3 Å². The van der Waals surface area contributed by atoms with Crippen molar-refractivity contribution in [2.75, 3.05) is 11.9 Å². The van der Waals surface area contributed by atoms with Gasteiger partial charge in [0.05, 0.1) is 32.9 Å². The SMILES string of the molecule is C[Si](C)(C)c1cccc(Cn2ccc(C(=O)c3cncnc3N[C@@H]3C[C@H](COS(N)(=O)=O)[C@@H](O)C3)n2)c1. The first-order chi connectivity index (χ1) is 17.4. The molecule has 0 saturated heterocycles. The molecule has 0 spiro atoms. The van der Waals surface area contributed by atoms with Crippen LogP contribution in [-0.2, 0) is 21.0 Å². The molecule has 3 aromatic rings. The number of nitrogens with one attached hydrogen (secondary N) is 1. The topological polar surface area (TPSA) is 162 Å². The van der Waals surface area contributed by atoms with Crippen LogP contribution in [0, 0.1) is 5.92 Å². The van der Waals surface area contributed by atoms with E-state index >= 15 is 0 Å². The van der Waals surface area contributed by atoms with Crippen LogP contribution in [-0.4, -0.2) is 65.9 Å². The average Bonchev–Trinajstić information content (AvgIpc) is 3.43. The Balaban J connectivity index is 1.45. The Morgan fingerprint density at radius 1 is 1.27 bits per heavy atom. The summed E-state index contributed by atoms with van der Waals surface area (Å²) in [6.45, 7) is 7.23. The number of nitrogens with two attached hydrogens (primary N) is 1. The number of rotatable bonds is 10. The van der Waals surface area contributed by atoms with Crippen molar-refractivity contribution in [1.82, 2.24) is 19.7 Å². The van der Waals surface area contributed by atoms with Crippen LogP contribution in [0.5, 0.6) is 0 Å². The van der Waals surface area contributed by atoms with E-state index in [2.05, 4.69) is 68.5 Å². The van der Waals surface area contributed by atoms with Crippen molar-refractivity contribution < 1.29 is 22.5 Å². The predicted molar refractivity (Wildman–Crippen MR) is 141 cm³/mol. The van der Waals surface area contributed by atoms with Crippen molar-refractivity contribution in [3.05, 3.63) is 65.9 Å². The van der Waals surface area contributed by atoms with E-state index < -0.39 is 30.4 Å². The molecule has 0 aliphatic heterocycles. The number of carbonyl (C=O) groups is 1. The van der Waals surface area contributed by atoms with Crippen LogP contribution in [0.2, 0.25) is 19.6 Å². The molecule has 2 aromatic heterocycles. The number of anilines is 1. The Morgan fingerprint density at radius 3 is 2.78 bits per heavy atom. The fraction of sp³-hybridized carbons (Fsp3) is 0.417. The summed E-state index contributed by atoms with van der Waals surface area (Å²) in [5, 5.41) is 24.2. The Hall–Kier alpha value is -2.97. The molecule has 1 aromatic carbocycles. The van der Waals surface area contributed by atoms with E-state index in [-0.39, 0.29) is 29.7 Å². The lowest BCUT2D eigenvalue weighted by molar-refractivity contribution is 0.101. The van der Waals surface area contributed by atoms with Crippen LogP contribution >= 0.6 is 0 Å². The monoisotopic (exact) mass is 544 g/mol. The number of aliphatic hydroxyl groups is 1. The summed E-state index contributed by atoms with van der Waals surface area (Å²) < 4.78 is 28.5. The third kappa shape index (κ3) is 7.08. The predicted octanol–water partition coefficient (Wildman–Crippen LogP) is 1.27. The Labute approximate surface area is 217 Å². The summed E-state index contributed by atoms with van der Waals surface area (Å²) in [6.07, 6.45) is 4.50. The van der Waals surface area contributed by atoms with E-state index in [1.54, 1.807) is 16.9 Å². The molecule has 198 valence electrons. The molecule has 2 heterocycles. The van der Waals surface area contributed by atoms with Gasteiger partial charge in [0.2, 0.25) is 5.78 Å². The van der Waals surface area contributed by atoms with E-state index in [0.29, 0.717) is 25.2 Å². The van der Waals surface area contributed by atoms with Gasteiger partial charge in [-0.2, -0.15) is 13.5 Å². The molecule has 0 unspecified atom stereocenters. The number of hydrogen-bond donors (Lipinski definition) is 3. The molecule has 37 heavy (non-hydrogen) atoms. The second kappa shape index (κ2) is 10.8. The lowest BCUT2D eigenvalue weighted by atomic mass is 10.1. The van der Waals surface area contributed by atoms with Gasteiger partial charge in [-0.3, -0.25) is 13.7 Å². The van der Waals surface area contributed by atoms with E-state index in [4.69, 9.17) is 5.14 Å². The molecule has 0 amide bonds. The van der Waals surface area contributed by atoms with Gasteiger partial charge in [-0.15, -0.1) is 0 Å². The lowest BCUT2D eigenvalue weighted by Gasteiger charge is -2.17.